The van der Waals surface area contributed by atoms with Crippen molar-refractivity contribution in [3.8, 4) is 0 Å². The highest BCUT2D eigenvalue weighted by molar-refractivity contribution is 7.46. The van der Waals surface area contributed by atoms with Crippen LogP contribution in [0, 0.1) is 23.7 Å². The van der Waals surface area contributed by atoms with Crippen molar-refractivity contribution in [3.63, 3.8) is 0 Å². The molecule has 1 aliphatic heterocycles. The number of phosphoric acid groups is 1. The maximum atomic E-state index is 13.6. The van der Waals surface area contributed by atoms with Crippen LogP contribution in [0.4, 0.5) is 0 Å². The Bertz CT molecular complexity index is 1150. The van der Waals surface area contributed by atoms with E-state index in [1.165, 1.54) is 0 Å². The van der Waals surface area contributed by atoms with Gasteiger partial charge in [-0.15, -0.1) is 0 Å². The molecule has 2 aliphatic rings. The molecule has 49 heavy (non-hydrogen) atoms. The Hall–Kier alpha value is -2.25. The summed E-state index contributed by atoms with van der Waals surface area (Å²) < 4.78 is 44.8. The van der Waals surface area contributed by atoms with Crippen LogP contribution >= 0.6 is 7.82 Å². The SMILES string of the molecule is CCC(=O)O[C@@H](CC(=O)NC1C(OCC2C(O)C2OC(=O)CC(O)O)OC(CO)C(OP(=O)(O)O)C1OC(=O)CC(C)C)C(C)CC(C)C. The summed E-state index contributed by atoms with van der Waals surface area (Å²) >= 11 is 0. The molecule has 1 aliphatic carbocycles. The van der Waals surface area contributed by atoms with Crippen molar-refractivity contribution >= 4 is 31.6 Å². The molecule has 1 amide bonds. The summed E-state index contributed by atoms with van der Waals surface area (Å²) in [5, 5.41) is 41.0. The van der Waals surface area contributed by atoms with Gasteiger partial charge >= 0.3 is 25.7 Å². The number of hydrogen-bond acceptors (Lipinski definition) is 15. The second kappa shape index (κ2) is 19.4. The summed E-state index contributed by atoms with van der Waals surface area (Å²) in [6.07, 6.45) is -12.4. The molecule has 284 valence electrons. The molecule has 0 bridgehead atoms. The van der Waals surface area contributed by atoms with E-state index < -0.39 is 112 Å². The standard InChI is InChI=1S/C30H52NO17P/c1-7-22(36)44-18(16(6)8-14(2)3)10-20(33)31-25-29(47-23(37)9-15(4)5)28(48-49(40,41)42)19(12-32)45-30(25)43-13-17-26(39)27(17)46-24(38)11-21(34)35/h14-19,21,25-30,32,34-35,39H,7-13H2,1-6H3,(H,31,33)(H2,40,41,42)/t16?,17?,18-,19?,25?,26?,27?,28?,29?,30?/m0/s1. The molecule has 0 aromatic rings. The van der Waals surface area contributed by atoms with Gasteiger partial charge in [-0.1, -0.05) is 41.5 Å². The van der Waals surface area contributed by atoms with Gasteiger partial charge < -0.3 is 59.2 Å². The Labute approximate surface area is 285 Å². The first-order valence-corrected chi connectivity index (χ1v) is 17.8. The fraction of sp³-hybridized carbons (Fsp3) is 0.867. The molecular weight excluding hydrogens is 677 g/mol. The van der Waals surface area contributed by atoms with Crippen LogP contribution in [0.2, 0.25) is 0 Å². The fourth-order valence-corrected chi connectivity index (χ4v) is 6.04. The lowest BCUT2D eigenvalue weighted by Crippen LogP contribution is -2.66. The first kappa shape index (κ1) is 42.9. The number of ether oxygens (including phenoxy) is 5. The number of nitrogens with one attached hydrogen (secondary N) is 1. The zero-order valence-corrected chi connectivity index (χ0v) is 29.5. The second-order valence-electron chi connectivity index (χ2n) is 13.3. The number of carbonyl (C=O) groups is 4. The van der Waals surface area contributed by atoms with E-state index in [-0.39, 0.29) is 37.0 Å². The Morgan fingerprint density at radius 3 is 2.02 bits per heavy atom. The van der Waals surface area contributed by atoms with Crippen LogP contribution < -0.4 is 5.32 Å². The van der Waals surface area contributed by atoms with E-state index in [4.69, 9.17) is 38.4 Å². The number of aliphatic hydroxyl groups is 4. The van der Waals surface area contributed by atoms with E-state index in [0.29, 0.717) is 6.42 Å². The highest BCUT2D eigenvalue weighted by atomic mass is 31.2. The molecule has 0 aromatic carbocycles. The molecule has 19 heteroatoms. The third-order valence-corrected chi connectivity index (χ3v) is 8.34. The van der Waals surface area contributed by atoms with Gasteiger partial charge in [0.15, 0.2) is 18.7 Å². The van der Waals surface area contributed by atoms with Gasteiger partial charge in [0.2, 0.25) is 5.91 Å². The summed E-state index contributed by atoms with van der Waals surface area (Å²) in [5.74, 6) is -4.21. The zero-order valence-electron chi connectivity index (χ0n) is 28.6. The van der Waals surface area contributed by atoms with Crippen LogP contribution in [-0.2, 0) is 52.0 Å². The summed E-state index contributed by atoms with van der Waals surface area (Å²) in [5.41, 5.74) is 0. The van der Waals surface area contributed by atoms with Gasteiger partial charge in [0.25, 0.3) is 0 Å². The average molecular weight is 730 g/mol. The van der Waals surface area contributed by atoms with Gasteiger partial charge in [-0.05, 0) is 24.2 Å². The summed E-state index contributed by atoms with van der Waals surface area (Å²) in [6, 6.07) is -1.53. The molecule has 10 atom stereocenters. The quantitative estimate of drug-likeness (QED) is 0.0365. The molecule has 2 rings (SSSR count). The lowest BCUT2D eigenvalue weighted by atomic mass is 9.91. The number of carbonyl (C=O) groups excluding carboxylic acids is 4. The Morgan fingerprint density at radius 1 is 0.878 bits per heavy atom. The number of aliphatic hydroxyl groups excluding tert-OH is 3. The average Bonchev–Trinajstić information content (AvgIpc) is 3.57. The van der Waals surface area contributed by atoms with Crippen molar-refractivity contribution in [3.05, 3.63) is 0 Å². The molecule has 1 saturated heterocycles. The van der Waals surface area contributed by atoms with Gasteiger partial charge in [-0.2, -0.15) is 0 Å². The van der Waals surface area contributed by atoms with Crippen LogP contribution in [0.3, 0.4) is 0 Å². The highest BCUT2D eigenvalue weighted by Crippen LogP contribution is 2.43. The van der Waals surface area contributed by atoms with Crippen LogP contribution in [0.25, 0.3) is 0 Å². The summed E-state index contributed by atoms with van der Waals surface area (Å²) in [4.78, 5) is 70.0. The predicted molar refractivity (Wildman–Crippen MR) is 166 cm³/mol. The highest BCUT2D eigenvalue weighted by Gasteiger charge is 2.56. The molecule has 1 saturated carbocycles. The molecule has 7 N–H and O–H groups in total. The van der Waals surface area contributed by atoms with Crippen molar-refractivity contribution in [1.29, 1.82) is 0 Å². The Morgan fingerprint density at radius 2 is 1.49 bits per heavy atom. The monoisotopic (exact) mass is 729 g/mol. The largest absolute Gasteiger partial charge is 0.470 e. The van der Waals surface area contributed by atoms with Gasteiger partial charge in [0, 0.05) is 12.8 Å². The topological polar surface area (TPSA) is 274 Å². The van der Waals surface area contributed by atoms with Crippen molar-refractivity contribution in [2.45, 2.75) is 129 Å². The molecule has 18 nitrogen and oxygen atoms in total. The number of phosphoric ester groups is 1. The van der Waals surface area contributed by atoms with Gasteiger partial charge in [-0.25, -0.2) is 4.57 Å². The minimum atomic E-state index is -5.31. The van der Waals surface area contributed by atoms with Gasteiger partial charge in [0.1, 0.15) is 36.6 Å². The first-order chi connectivity index (χ1) is 22.8. The van der Waals surface area contributed by atoms with E-state index in [1.54, 1.807) is 20.8 Å². The lowest BCUT2D eigenvalue weighted by molar-refractivity contribution is -0.272. The van der Waals surface area contributed by atoms with Crippen LogP contribution in [-0.4, -0.2) is 122 Å². The minimum Gasteiger partial charge on any atom is -0.462 e. The third kappa shape index (κ3) is 14.5. The summed E-state index contributed by atoms with van der Waals surface area (Å²) in [7, 11) is -5.31. The number of hydrogen-bond donors (Lipinski definition) is 7. The molecule has 0 aromatic heterocycles. The van der Waals surface area contributed by atoms with Gasteiger partial charge in [0.05, 0.1) is 32.0 Å². The van der Waals surface area contributed by atoms with E-state index >= 15 is 0 Å². The maximum absolute atomic E-state index is 13.6. The van der Waals surface area contributed by atoms with E-state index in [0.717, 1.165) is 0 Å². The molecular formula is C30H52NO17P. The number of amides is 1. The van der Waals surface area contributed by atoms with Crippen molar-refractivity contribution < 1.29 is 82.2 Å². The zero-order chi connectivity index (χ0) is 37.2. The first-order valence-electron chi connectivity index (χ1n) is 16.3. The van der Waals surface area contributed by atoms with E-state index in [1.807, 2.05) is 20.8 Å². The smallest absolute Gasteiger partial charge is 0.462 e. The summed E-state index contributed by atoms with van der Waals surface area (Å²) in [6.45, 7) is 9.48. The number of rotatable bonds is 20. The normalized spacial score (nSPS) is 28.2. The van der Waals surface area contributed by atoms with Crippen LogP contribution in [0.5, 0.6) is 0 Å². The van der Waals surface area contributed by atoms with E-state index in [2.05, 4.69) is 5.32 Å². The Balaban J connectivity index is 2.43. The maximum Gasteiger partial charge on any atom is 0.470 e. The fourth-order valence-electron chi connectivity index (χ4n) is 5.47. The predicted octanol–water partition coefficient (Wildman–Crippen LogP) is -0.362. The van der Waals surface area contributed by atoms with Crippen molar-refractivity contribution in [2.24, 2.45) is 23.7 Å². The molecule has 0 radical (unpaired) electrons. The van der Waals surface area contributed by atoms with Crippen molar-refractivity contribution in [1.82, 2.24) is 5.32 Å². The molecule has 0 spiro atoms. The van der Waals surface area contributed by atoms with Gasteiger partial charge in [-0.3, -0.25) is 23.7 Å². The molecule has 9 unspecified atom stereocenters. The minimum absolute atomic E-state index is 0.0562. The van der Waals surface area contributed by atoms with Crippen LogP contribution in [0.15, 0.2) is 0 Å². The lowest BCUT2D eigenvalue weighted by Gasteiger charge is -2.45. The second-order valence-corrected chi connectivity index (χ2v) is 14.4. The third-order valence-electron chi connectivity index (χ3n) is 7.82. The van der Waals surface area contributed by atoms with E-state index in [9.17, 15) is 43.7 Å². The molecule has 1 heterocycles. The Kier molecular flexibility index (Phi) is 17.0. The van der Waals surface area contributed by atoms with Crippen molar-refractivity contribution in [2.75, 3.05) is 13.2 Å². The molecule has 2 fully saturated rings. The number of esters is 3. The van der Waals surface area contributed by atoms with Crippen LogP contribution in [0.1, 0.15) is 73.6 Å².